The molecule has 1 fully saturated rings. The van der Waals surface area contributed by atoms with Crippen LogP contribution >= 0.6 is 11.6 Å². The summed E-state index contributed by atoms with van der Waals surface area (Å²) >= 11 is 5.90. The highest BCUT2D eigenvalue weighted by Crippen LogP contribution is 2.27. The van der Waals surface area contributed by atoms with Gasteiger partial charge in [-0.05, 0) is 43.2 Å². The summed E-state index contributed by atoms with van der Waals surface area (Å²) in [6.45, 7) is 5.10. The van der Waals surface area contributed by atoms with Gasteiger partial charge in [0.05, 0.1) is 0 Å². The van der Waals surface area contributed by atoms with Gasteiger partial charge in [0.2, 0.25) is 11.2 Å². The minimum absolute atomic E-state index is 0.173. The molecule has 1 heterocycles. The lowest BCUT2D eigenvalue weighted by molar-refractivity contribution is 0.0922. The van der Waals surface area contributed by atoms with E-state index in [0.29, 0.717) is 17.9 Å². The monoisotopic (exact) mass is 284 g/mol. The molecule has 1 aliphatic carbocycles. The molecule has 0 spiro atoms. The van der Waals surface area contributed by atoms with Crippen molar-refractivity contribution < 1.29 is 4.74 Å². The van der Waals surface area contributed by atoms with Gasteiger partial charge in [0, 0.05) is 6.54 Å². The van der Waals surface area contributed by atoms with Crippen LogP contribution in [0.25, 0.3) is 0 Å². The minimum Gasteiger partial charge on any atom is -0.460 e. The molecule has 6 heteroatoms. The Morgan fingerprint density at radius 2 is 2.05 bits per heavy atom. The van der Waals surface area contributed by atoms with Crippen LogP contribution < -0.4 is 10.1 Å². The van der Waals surface area contributed by atoms with Gasteiger partial charge >= 0.3 is 6.01 Å². The summed E-state index contributed by atoms with van der Waals surface area (Å²) in [5.41, 5.74) is 0. The van der Waals surface area contributed by atoms with Gasteiger partial charge in [-0.15, -0.1) is 0 Å². The Balaban J connectivity index is 2.04. The maximum absolute atomic E-state index is 5.90. The number of hydrogen-bond donors (Lipinski definition) is 1. The lowest BCUT2D eigenvalue weighted by Gasteiger charge is -2.28. The van der Waals surface area contributed by atoms with E-state index in [1.54, 1.807) is 0 Å². The number of anilines is 1. The summed E-state index contributed by atoms with van der Waals surface area (Å²) < 4.78 is 5.88. The second-order valence-corrected chi connectivity index (χ2v) is 5.39. The Hall–Kier alpha value is -1.10. The first-order valence-electron chi connectivity index (χ1n) is 7.01. The van der Waals surface area contributed by atoms with E-state index in [4.69, 9.17) is 16.3 Å². The zero-order chi connectivity index (χ0) is 13.7. The van der Waals surface area contributed by atoms with Crippen molar-refractivity contribution in [1.82, 2.24) is 15.0 Å². The zero-order valence-corrected chi connectivity index (χ0v) is 12.3. The third-order valence-corrected chi connectivity index (χ3v) is 3.58. The van der Waals surface area contributed by atoms with Crippen molar-refractivity contribution in [2.24, 2.45) is 5.92 Å². The first-order valence-corrected chi connectivity index (χ1v) is 7.39. The Bertz CT molecular complexity index is 416. The van der Waals surface area contributed by atoms with Crippen LogP contribution in [0.5, 0.6) is 6.01 Å². The van der Waals surface area contributed by atoms with E-state index in [1.807, 2.05) is 0 Å². The van der Waals surface area contributed by atoms with Gasteiger partial charge in [0.1, 0.15) is 6.10 Å². The van der Waals surface area contributed by atoms with Crippen LogP contribution in [0.2, 0.25) is 5.28 Å². The molecule has 1 aromatic rings. The molecule has 2 unspecified atom stereocenters. The van der Waals surface area contributed by atoms with Gasteiger partial charge in [-0.2, -0.15) is 15.0 Å². The normalized spacial score (nSPS) is 23.1. The van der Waals surface area contributed by atoms with E-state index < -0.39 is 0 Å². The van der Waals surface area contributed by atoms with Crippen molar-refractivity contribution >= 4 is 17.5 Å². The third kappa shape index (κ3) is 4.20. The predicted molar refractivity (Wildman–Crippen MR) is 75.7 cm³/mol. The molecule has 0 saturated heterocycles. The maximum atomic E-state index is 5.90. The van der Waals surface area contributed by atoms with Crippen LogP contribution in [-0.2, 0) is 0 Å². The first kappa shape index (κ1) is 14.3. The van der Waals surface area contributed by atoms with E-state index in [1.165, 1.54) is 19.3 Å². The summed E-state index contributed by atoms with van der Waals surface area (Å²) in [5.74, 6) is 1.02. The van der Waals surface area contributed by atoms with Crippen molar-refractivity contribution in [3.63, 3.8) is 0 Å². The SMILES string of the molecule is CCCNc1nc(Cl)nc(OC2CCCCC2C)n1. The highest BCUT2D eigenvalue weighted by Gasteiger charge is 2.24. The van der Waals surface area contributed by atoms with Crippen molar-refractivity contribution in [3.8, 4) is 6.01 Å². The van der Waals surface area contributed by atoms with Crippen LogP contribution in [0.4, 0.5) is 5.95 Å². The second kappa shape index (κ2) is 6.89. The molecule has 2 atom stereocenters. The molecule has 2 rings (SSSR count). The quantitative estimate of drug-likeness (QED) is 0.899. The molecule has 1 aromatic heterocycles. The van der Waals surface area contributed by atoms with E-state index in [2.05, 4.69) is 34.1 Å². The Labute approximate surface area is 119 Å². The average Bonchev–Trinajstić information content (AvgIpc) is 2.38. The van der Waals surface area contributed by atoms with E-state index in [9.17, 15) is 0 Å². The van der Waals surface area contributed by atoms with Gasteiger partial charge < -0.3 is 10.1 Å². The summed E-state index contributed by atoms with van der Waals surface area (Å²) in [7, 11) is 0. The fraction of sp³-hybridized carbons (Fsp3) is 0.769. The lowest BCUT2D eigenvalue weighted by Crippen LogP contribution is -2.29. The number of aromatic nitrogens is 3. The largest absolute Gasteiger partial charge is 0.460 e. The lowest BCUT2D eigenvalue weighted by atomic mass is 9.88. The molecule has 0 amide bonds. The summed E-state index contributed by atoms with van der Waals surface area (Å²) in [4.78, 5) is 12.3. The fourth-order valence-corrected chi connectivity index (χ4v) is 2.45. The summed E-state index contributed by atoms with van der Waals surface area (Å²) in [5, 5.41) is 3.27. The predicted octanol–water partition coefficient (Wildman–Crippen LogP) is 3.30. The number of nitrogens with zero attached hydrogens (tertiary/aromatic N) is 3. The summed E-state index contributed by atoms with van der Waals surface area (Å²) in [6, 6.07) is 0.331. The molecule has 0 aliphatic heterocycles. The highest BCUT2D eigenvalue weighted by atomic mass is 35.5. The summed E-state index contributed by atoms with van der Waals surface area (Å²) in [6.07, 6.45) is 5.93. The van der Waals surface area contributed by atoms with Crippen LogP contribution in [0.3, 0.4) is 0 Å². The standard InChI is InChI=1S/C13H21ClN4O/c1-3-8-15-12-16-11(14)17-13(18-12)19-10-7-5-4-6-9(10)2/h9-10H,3-8H2,1-2H3,(H,15,16,17,18). The van der Waals surface area contributed by atoms with Crippen molar-refractivity contribution in [3.05, 3.63) is 5.28 Å². The van der Waals surface area contributed by atoms with Crippen molar-refractivity contribution in [2.45, 2.75) is 52.1 Å². The Morgan fingerprint density at radius 1 is 1.26 bits per heavy atom. The molecule has 0 radical (unpaired) electrons. The second-order valence-electron chi connectivity index (χ2n) is 5.06. The average molecular weight is 285 g/mol. The molecule has 1 aliphatic rings. The number of rotatable bonds is 5. The molecular weight excluding hydrogens is 264 g/mol. The highest BCUT2D eigenvalue weighted by molar-refractivity contribution is 6.28. The molecule has 0 bridgehead atoms. The molecule has 1 N–H and O–H groups in total. The van der Waals surface area contributed by atoms with Crippen LogP contribution in [-0.4, -0.2) is 27.6 Å². The van der Waals surface area contributed by atoms with E-state index >= 15 is 0 Å². The van der Waals surface area contributed by atoms with Crippen molar-refractivity contribution in [1.29, 1.82) is 0 Å². The molecular formula is C13H21ClN4O. The van der Waals surface area contributed by atoms with E-state index in [0.717, 1.165) is 19.4 Å². The zero-order valence-electron chi connectivity index (χ0n) is 11.5. The van der Waals surface area contributed by atoms with Gasteiger partial charge in [0.25, 0.3) is 0 Å². The van der Waals surface area contributed by atoms with Gasteiger partial charge in [-0.3, -0.25) is 0 Å². The molecule has 19 heavy (non-hydrogen) atoms. The third-order valence-electron chi connectivity index (χ3n) is 3.41. The molecule has 0 aromatic carbocycles. The van der Waals surface area contributed by atoms with Crippen LogP contribution in [0.15, 0.2) is 0 Å². The fourth-order valence-electron chi connectivity index (χ4n) is 2.29. The molecule has 5 nitrogen and oxygen atoms in total. The smallest absolute Gasteiger partial charge is 0.322 e. The number of hydrogen-bond acceptors (Lipinski definition) is 5. The Morgan fingerprint density at radius 3 is 2.79 bits per heavy atom. The topological polar surface area (TPSA) is 59.9 Å². The first-order chi connectivity index (χ1) is 9.19. The van der Waals surface area contributed by atoms with Crippen LogP contribution in [0, 0.1) is 5.92 Å². The molecule has 106 valence electrons. The Kier molecular flexibility index (Phi) is 5.19. The van der Waals surface area contributed by atoms with Crippen molar-refractivity contribution in [2.75, 3.05) is 11.9 Å². The van der Waals surface area contributed by atoms with Crippen LogP contribution in [0.1, 0.15) is 46.0 Å². The number of ether oxygens (including phenoxy) is 1. The van der Waals surface area contributed by atoms with Gasteiger partial charge in [-0.1, -0.05) is 20.3 Å². The van der Waals surface area contributed by atoms with E-state index in [-0.39, 0.29) is 11.4 Å². The maximum Gasteiger partial charge on any atom is 0.322 e. The minimum atomic E-state index is 0.173. The molecule has 1 saturated carbocycles. The van der Waals surface area contributed by atoms with Gasteiger partial charge in [-0.25, -0.2) is 0 Å². The number of nitrogens with one attached hydrogen (secondary N) is 1. The number of halogens is 1. The van der Waals surface area contributed by atoms with Gasteiger partial charge in [0.15, 0.2) is 0 Å².